The fourth-order valence-electron chi connectivity index (χ4n) is 3.47. The number of anilines is 1. The number of para-hydroxylation sites is 2. The fraction of sp³-hybridized carbons (Fsp3) is 0.120. The number of hydrazine groups is 1. The van der Waals surface area contributed by atoms with Crippen LogP contribution in [0.3, 0.4) is 0 Å². The summed E-state index contributed by atoms with van der Waals surface area (Å²) in [7, 11) is 0. The van der Waals surface area contributed by atoms with Gasteiger partial charge in [0.25, 0.3) is 5.91 Å². The van der Waals surface area contributed by atoms with Crippen LogP contribution in [0.1, 0.15) is 35.7 Å². The highest BCUT2D eigenvalue weighted by atomic mass is 32.1. The number of hydrogen-bond donors (Lipinski definition) is 3. The van der Waals surface area contributed by atoms with Gasteiger partial charge in [-0.25, -0.2) is 4.98 Å². The molecule has 0 atom stereocenters. The van der Waals surface area contributed by atoms with Crippen LogP contribution in [-0.2, 0) is 0 Å². The van der Waals surface area contributed by atoms with Crippen LogP contribution < -0.4 is 16.2 Å². The minimum Gasteiger partial charge on any atom is -0.331 e. The highest BCUT2D eigenvalue weighted by Crippen LogP contribution is 2.25. The Bertz CT molecular complexity index is 1270. The van der Waals surface area contributed by atoms with Crippen molar-refractivity contribution in [2.24, 2.45) is 0 Å². The first-order chi connectivity index (χ1) is 15.5. The number of aromatic nitrogens is 2. The Balaban J connectivity index is 1.55. The van der Waals surface area contributed by atoms with Gasteiger partial charge in [0.05, 0.1) is 16.8 Å². The van der Waals surface area contributed by atoms with Crippen molar-refractivity contribution in [2.75, 3.05) is 5.32 Å². The van der Waals surface area contributed by atoms with E-state index in [9.17, 15) is 4.79 Å². The molecule has 160 valence electrons. The molecule has 0 fully saturated rings. The molecule has 7 heteroatoms. The number of fused-ring (bicyclic) bond motifs is 1. The summed E-state index contributed by atoms with van der Waals surface area (Å²) in [5.41, 5.74) is 10.3. The topological polar surface area (TPSA) is 78.9 Å². The summed E-state index contributed by atoms with van der Waals surface area (Å²) >= 11 is 5.39. The summed E-state index contributed by atoms with van der Waals surface area (Å²) < 4.78 is 0. The normalized spacial score (nSPS) is 10.7. The van der Waals surface area contributed by atoms with Crippen LogP contribution >= 0.6 is 12.2 Å². The Morgan fingerprint density at radius 2 is 1.75 bits per heavy atom. The number of pyridine rings is 2. The molecule has 0 radical (unpaired) electrons. The lowest BCUT2D eigenvalue weighted by Gasteiger charge is -2.17. The van der Waals surface area contributed by atoms with Gasteiger partial charge in [-0.1, -0.05) is 50.2 Å². The Kier molecular flexibility index (Phi) is 6.37. The molecule has 4 rings (SSSR count). The molecule has 2 aromatic carbocycles. The molecule has 0 aliphatic rings. The molecule has 0 unspecified atom stereocenters. The lowest BCUT2D eigenvalue weighted by atomic mass is 10.0. The first kappa shape index (κ1) is 21.4. The molecule has 6 nitrogen and oxygen atoms in total. The quantitative estimate of drug-likeness (QED) is 0.304. The standard InChI is InChI=1S/C25H23N5OS/c1-16(2)18-9-3-5-11-21(18)28-25(32)30-29-24(31)20-14-23(17-8-7-13-26-15-17)27-22-12-6-4-10-19(20)22/h3-16H,1-2H3,(H,29,31)(H2,28,30,32). The molecule has 0 bridgehead atoms. The zero-order chi connectivity index (χ0) is 22.5. The number of nitrogens with one attached hydrogen (secondary N) is 3. The molecule has 2 aromatic heterocycles. The van der Waals surface area contributed by atoms with E-state index in [0.29, 0.717) is 22.3 Å². The van der Waals surface area contributed by atoms with E-state index in [1.807, 2.05) is 54.6 Å². The first-order valence-corrected chi connectivity index (χ1v) is 10.7. The van der Waals surface area contributed by atoms with Gasteiger partial charge in [-0.2, -0.15) is 0 Å². The monoisotopic (exact) mass is 441 g/mol. The van der Waals surface area contributed by atoms with E-state index in [4.69, 9.17) is 12.2 Å². The van der Waals surface area contributed by atoms with Crippen LogP contribution in [0.15, 0.2) is 79.1 Å². The van der Waals surface area contributed by atoms with Gasteiger partial charge in [-0.3, -0.25) is 20.6 Å². The highest BCUT2D eigenvalue weighted by molar-refractivity contribution is 7.80. The van der Waals surface area contributed by atoms with Gasteiger partial charge in [0.2, 0.25) is 0 Å². The van der Waals surface area contributed by atoms with Crippen molar-refractivity contribution in [3.05, 3.63) is 90.3 Å². The zero-order valence-corrected chi connectivity index (χ0v) is 18.6. The molecule has 4 aromatic rings. The maximum Gasteiger partial charge on any atom is 0.270 e. The molecule has 0 saturated carbocycles. The van der Waals surface area contributed by atoms with Gasteiger partial charge in [0.15, 0.2) is 5.11 Å². The average Bonchev–Trinajstić information content (AvgIpc) is 2.82. The van der Waals surface area contributed by atoms with Crippen LogP contribution in [0.5, 0.6) is 0 Å². The van der Waals surface area contributed by atoms with Gasteiger partial charge >= 0.3 is 0 Å². The molecule has 0 spiro atoms. The lowest BCUT2D eigenvalue weighted by molar-refractivity contribution is 0.0946. The highest BCUT2D eigenvalue weighted by Gasteiger charge is 2.15. The van der Waals surface area contributed by atoms with E-state index in [-0.39, 0.29) is 5.91 Å². The molecule has 1 amide bonds. The van der Waals surface area contributed by atoms with Crippen molar-refractivity contribution in [3.63, 3.8) is 0 Å². The summed E-state index contributed by atoms with van der Waals surface area (Å²) in [5.74, 6) is 0.0280. The van der Waals surface area contributed by atoms with Gasteiger partial charge in [-0.15, -0.1) is 0 Å². The Labute approximate surface area is 192 Å². The number of hydrogen-bond acceptors (Lipinski definition) is 4. The second-order valence-corrected chi connectivity index (χ2v) is 8.00. The maximum absolute atomic E-state index is 13.1. The molecular formula is C25H23N5OS. The number of nitrogens with zero attached hydrogens (tertiary/aromatic N) is 2. The second-order valence-electron chi connectivity index (χ2n) is 7.59. The van der Waals surface area contributed by atoms with Crippen molar-refractivity contribution in [2.45, 2.75) is 19.8 Å². The smallest absolute Gasteiger partial charge is 0.270 e. The summed E-state index contributed by atoms with van der Waals surface area (Å²) in [5, 5.41) is 4.21. The SMILES string of the molecule is CC(C)c1ccccc1NC(=S)NNC(=O)c1cc(-c2cccnc2)nc2ccccc12. The van der Waals surface area contributed by atoms with Crippen LogP contribution in [0.4, 0.5) is 5.69 Å². The lowest BCUT2D eigenvalue weighted by Crippen LogP contribution is -2.44. The third-order valence-corrected chi connectivity index (χ3v) is 5.24. The van der Waals surface area contributed by atoms with Crippen LogP contribution in [0.2, 0.25) is 0 Å². The predicted molar refractivity (Wildman–Crippen MR) is 132 cm³/mol. The summed E-state index contributed by atoms with van der Waals surface area (Å²) in [6.45, 7) is 4.24. The molecular weight excluding hydrogens is 418 g/mol. The van der Waals surface area contributed by atoms with E-state index in [2.05, 4.69) is 46.1 Å². The average molecular weight is 442 g/mol. The molecule has 32 heavy (non-hydrogen) atoms. The summed E-state index contributed by atoms with van der Waals surface area (Å²) in [6, 6.07) is 21.0. The number of rotatable bonds is 4. The van der Waals surface area contributed by atoms with Gasteiger partial charge in [0, 0.05) is 29.0 Å². The summed E-state index contributed by atoms with van der Waals surface area (Å²) in [6.07, 6.45) is 3.43. The van der Waals surface area contributed by atoms with Crippen LogP contribution in [0, 0.1) is 0 Å². The molecule has 3 N–H and O–H groups in total. The van der Waals surface area contributed by atoms with Crippen LogP contribution in [-0.4, -0.2) is 21.0 Å². The van der Waals surface area contributed by atoms with E-state index in [0.717, 1.165) is 27.7 Å². The van der Waals surface area contributed by atoms with E-state index in [1.165, 1.54) is 0 Å². The molecule has 2 heterocycles. The van der Waals surface area contributed by atoms with E-state index in [1.54, 1.807) is 18.5 Å². The van der Waals surface area contributed by atoms with Crippen LogP contribution in [0.25, 0.3) is 22.2 Å². The third-order valence-electron chi connectivity index (χ3n) is 5.04. The van der Waals surface area contributed by atoms with Crippen molar-refractivity contribution in [3.8, 4) is 11.3 Å². The molecule has 0 aliphatic heterocycles. The van der Waals surface area contributed by atoms with Gasteiger partial charge in [-0.05, 0) is 54.0 Å². The fourth-order valence-corrected chi connectivity index (χ4v) is 3.64. The Morgan fingerprint density at radius 3 is 2.53 bits per heavy atom. The van der Waals surface area contributed by atoms with Gasteiger partial charge in [0.1, 0.15) is 0 Å². The minimum atomic E-state index is -0.310. The third kappa shape index (κ3) is 4.73. The van der Waals surface area contributed by atoms with E-state index < -0.39 is 0 Å². The number of amides is 1. The number of thiocarbonyl (C=S) groups is 1. The van der Waals surface area contributed by atoms with Crippen molar-refractivity contribution in [1.82, 2.24) is 20.8 Å². The van der Waals surface area contributed by atoms with E-state index >= 15 is 0 Å². The largest absolute Gasteiger partial charge is 0.331 e. The van der Waals surface area contributed by atoms with Gasteiger partial charge < -0.3 is 5.32 Å². The minimum absolute atomic E-state index is 0.303. The maximum atomic E-state index is 13.1. The van der Waals surface area contributed by atoms with Crippen molar-refractivity contribution >= 4 is 39.8 Å². The number of benzene rings is 2. The molecule has 0 saturated heterocycles. The summed E-state index contributed by atoms with van der Waals surface area (Å²) in [4.78, 5) is 21.9. The zero-order valence-electron chi connectivity index (χ0n) is 17.8. The van der Waals surface area contributed by atoms with Crippen molar-refractivity contribution < 1.29 is 4.79 Å². The number of carbonyl (C=O) groups is 1. The van der Waals surface area contributed by atoms with Crippen molar-refractivity contribution in [1.29, 1.82) is 0 Å². The Morgan fingerprint density at radius 1 is 0.969 bits per heavy atom. The molecule has 0 aliphatic carbocycles. The predicted octanol–water partition coefficient (Wildman–Crippen LogP) is 5.05. The second kappa shape index (κ2) is 9.53. The number of carbonyl (C=O) groups excluding carboxylic acids is 1. The first-order valence-electron chi connectivity index (χ1n) is 10.3. The Hall–Kier alpha value is -3.84.